The molecule has 6 heteroatoms. The fourth-order valence-electron chi connectivity index (χ4n) is 3.50. The smallest absolute Gasteiger partial charge is 0.248 e. The molecule has 0 aliphatic carbocycles. The summed E-state index contributed by atoms with van der Waals surface area (Å²) < 4.78 is 0. The molecule has 6 nitrogen and oxygen atoms in total. The third-order valence-corrected chi connectivity index (χ3v) is 4.88. The summed E-state index contributed by atoms with van der Waals surface area (Å²) in [5, 5.41) is 12.3. The van der Waals surface area contributed by atoms with Crippen molar-refractivity contribution in [3.63, 3.8) is 0 Å². The monoisotopic (exact) mass is 331 g/mol. The topological polar surface area (TPSA) is 72.9 Å². The Bertz CT molecular complexity index is 590. The molecule has 0 unspecified atom stereocenters. The highest BCUT2D eigenvalue weighted by Crippen LogP contribution is 2.18. The van der Waals surface area contributed by atoms with Gasteiger partial charge in [0.05, 0.1) is 6.10 Å². The minimum atomic E-state index is -0.869. The maximum absolute atomic E-state index is 12.4. The van der Waals surface area contributed by atoms with Crippen molar-refractivity contribution in [1.82, 2.24) is 15.1 Å². The largest absolute Gasteiger partial charge is 0.391 e. The van der Waals surface area contributed by atoms with Gasteiger partial charge in [-0.15, -0.1) is 0 Å². The molecule has 2 amide bonds. The quantitative estimate of drug-likeness (QED) is 0.797. The van der Waals surface area contributed by atoms with Gasteiger partial charge in [-0.2, -0.15) is 0 Å². The van der Waals surface area contributed by atoms with Gasteiger partial charge < -0.3 is 15.3 Å². The minimum absolute atomic E-state index is 0.159. The summed E-state index contributed by atoms with van der Waals surface area (Å²) in [5.74, 6) is -0.327. The Hall–Kier alpha value is -1.92. The zero-order valence-electron chi connectivity index (χ0n) is 14.0. The highest BCUT2D eigenvalue weighted by Gasteiger charge is 2.44. The first-order chi connectivity index (χ1) is 11.6. The van der Waals surface area contributed by atoms with E-state index in [0.29, 0.717) is 13.1 Å². The van der Waals surface area contributed by atoms with Gasteiger partial charge in [-0.1, -0.05) is 30.3 Å². The van der Waals surface area contributed by atoms with Crippen molar-refractivity contribution in [2.75, 3.05) is 26.2 Å². The van der Waals surface area contributed by atoms with Crippen LogP contribution in [-0.4, -0.2) is 71.1 Å². The molecule has 2 heterocycles. The molecule has 3 atom stereocenters. The van der Waals surface area contributed by atoms with E-state index in [4.69, 9.17) is 0 Å². The van der Waals surface area contributed by atoms with Crippen LogP contribution in [0.25, 0.3) is 0 Å². The van der Waals surface area contributed by atoms with Gasteiger partial charge in [0.25, 0.3) is 0 Å². The van der Waals surface area contributed by atoms with Gasteiger partial charge in [-0.05, 0) is 31.9 Å². The fourth-order valence-corrected chi connectivity index (χ4v) is 3.50. The van der Waals surface area contributed by atoms with E-state index < -0.39 is 18.2 Å². The highest BCUT2D eigenvalue weighted by atomic mass is 16.3. The van der Waals surface area contributed by atoms with E-state index in [1.807, 2.05) is 18.2 Å². The molecular weight excluding hydrogens is 306 g/mol. The van der Waals surface area contributed by atoms with E-state index in [0.717, 1.165) is 25.9 Å². The average molecular weight is 331 g/mol. The number of rotatable bonds is 5. The number of carbonyl (C=O) groups is 2. The normalized spacial score (nSPS) is 26.0. The Morgan fingerprint density at radius 2 is 2.00 bits per heavy atom. The number of aliphatic hydroxyl groups is 1. The van der Waals surface area contributed by atoms with Crippen molar-refractivity contribution in [3.8, 4) is 0 Å². The number of amides is 2. The first kappa shape index (κ1) is 16.9. The van der Waals surface area contributed by atoms with Gasteiger partial charge in [0.2, 0.25) is 11.8 Å². The molecule has 24 heavy (non-hydrogen) atoms. The molecule has 1 aromatic rings. The molecular formula is C18H25N3O3. The number of aliphatic hydroxyl groups excluding tert-OH is 1. The molecule has 0 aromatic heterocycles. The Kier molecular flexibility index (Phi) is 5.16. The Morgan fingerprint density at radius 3 is 2.71 bits per heavy atom. The van der Waals surface area contributed by atoms with Gasteiger partial charge in [-0.3, -0.25) is 14.5 Å². The number of nitrogens with zero attached hydrogens (tertiary/aromatic N) is 2. The Labute approximate surface area is 142 Å². The predicted molar refractivity (Wildman–Crippen MR) is 90.3 cm³/mol. The summed E-state index contributed by atoms with van der Waals surface area (Å²) in [4.78, 5) is 28.6. The zero-order chi connectivity index (χ0) is 17.1. The van der Waals surface area contributed by atoms with Gasteiger partial charge in [-0.25, -0.2) is 0 Å². The lowest BCUT2D eigenvalue weighted by Gasteiger charge is -2.45. The van der Waals surface area contributed by atoms with Crippen molar-refractivity contribution >= 4 is 11.8 Å². The Morgan fingerprint density at radius 1 is 1.25 bits per heavy atom. The summed E-state index contributed by atoms with van der Waals surface area (Å²) in [6.07, 6.45) is 1.18. The van der Waals surface area contributed by atoms with Crippen LogP contribution in [0.1, 0.15) is 18.9 Å². The van der Waals surface area contributed by atoms with Gasteiger partial charge in [0.15, 0.2) is 0 Å². The second kappa shape index (κ2) is 7.32. The minimum Gasteiger partial charge on any atom is -0.391 e. The molecule has 3 rings (SSSR count). The van der Waals surface area contributed by atoms with Crippen LogP contribution < -0.4 is 5.32 Å². The standard InChI is InChI=1S/C18H25N3O3/c1-13(22)16-18(24)21-11-10-20(12-15(21)17(23)19-16)9-5-8-14-6-3-2-4-7-14/h2-4,6-7,13,15-16,22H,5,8-12H2,1H3,(H,19,23)/t13-,15-,16+/m1/s1. The number of benzene rings is 1. The van der Waals surface area contributed by atoms with E-state index in [1.165, 1.54) is 12.5 Å². The lowest BCUT2D eigenvalue weighted by atomic mass is 10.0. The summed E-state index contributed by atoms with van der Waals surface area (Å²) in [6, 6.07) is 9.12. The lowest BCUT2D eigenvalue weighted by molar-refractivity contribution is -0.155. The number of fused-ring (bicyclic) bond motifs is 1. The predicted octanol–water partition coefficient (Wildman–Crippen LogP) is 0.0112. The second-order valence-electron chi connectivity index (χ2n) is 6.66. The van der Waals surface area contributed by atoms with Crippen LogP contribution in [0.2, 0.25) is 0 Å². The SMILES string of the molecule is C[C@@H](O)[C@@H]1NC(=O)[C@H]2CN(CCCc3ccccc3)CCN2C1=O. The molecule has 2 N–H and O–H groups in total. The third-order valence-electron chi connectivity index (χ3n) is 4.88. The summed E-state index contributed by atoms with van der Waals surface area (Å²) in [7, 11) is 0. The maximum Gasteiger partial charge on any atom is 0.248 e. The molecule has 0 radical (unpaired) electrons. The molecule has 2 fully saturated rings. The molecule has 0 saturated carbocycles. The van der Waals surface area contributed by atoms with Crippen molar-refractivity contribution in [3.05, 3.63) is 35.9 Å². The molecule has 0 bridgehead atoms. The molecule has 2 saturated heterocycles. The number of piperazine rings is 2. The third kappa shape index (κ3) is 3.60. The van der Waals surface area contributed by atoms with Crippen LogP contribution >= 0.6 is 0 Å². The van der Waals surface area contributed by atoms with E-state index in [-0.39, 0.29) is 11.8 Å². The fraction of sp³-hybridized carbons (Fsp3) is 0.556. The molecule has 1 aromatic carbocycles. The van der Waals surface area contributed by atoms with Crippen LogP contribution in [0.3, 0.4) is 0 Å². The number of aryl methyl sites for hydroxylation is 1. The van der Waals surface area contributed by atoms with E-state index in [9.17, 15) is 14.7 Å². The molecule has 2 aliphatic rings. The zero-order valence-corrected chi connectivity index (χ0v) is 14.0. The van der Waals surface area contributed by atoms with Crippen molar-refractivity contribution < 1.29 is 14.7 Å². The van der Waals surface area contributed by atoms with E-state index in [2.05, 4.69) is 22.3 Å². The summed E-state index contributed by atoms with van der Waals surface area (Å²) in [6.45, 7) is 4.34. The van der Waals surface area contributed by atoms with Crippen LogP contribution in [0.5, 0.6) is 0 Å². The average Bonchev–Trinajstić information content (AvgIpc) is 2.59. The van der Waals surface area contributed by atoms with Crippen LogP contribution in [0.15, 0.2) is 30.3 Å². The number of hydrogen-bond acceptors (Lipinski definition) is 4. The van der Waals surface area contributed by atoms with Crippen LogP contribution in [0, 0.1) is 0 Å². The first-order valence-corrected chi connectivity index (χ1v) is 8.61. The van der Waals surface area contributed by atoms with Crippen LogP contribution in [-0.2, 0) is 16.0 Å². The number of hydrogen-bond donors (Lipinski definition) is 2. The van der Waals surface area contributed by atoms with Gasteiger partial charge in [0.1, 0.15) is 12.1 Å². The maximum atomic E-state index is 12.4. The van der Waals surface area contributed by atoms with Crippen molar-refractivity contribution in [1.29, 1.82) is 0 Å². The van der Waals surface area contributed by atoms with Crippen molar-refractivity contribution in [2.24, 2.45) is 0 Å². The summed E-state index contributed by atoms with van der Waals surface area (Å²) >= 11 is 0. The van der Waals surface area contributed by atoms with E-state index in [1.54, 1.807) is 4.90 Å². The molecule has 0 spiro atoms. The number of nitrogens with one attached hydrogen (secondary N) is 1. The number of carbonyl (C=O) groups excluding carboxylic acids is 2. The summed E-state index contributed by atoms with van der Waals surface area (Å²) in [5.41, 5.74) is 1.32. The van der Waals surface area contributed by atoms with Gasteiger partial charge >= 0.3 is 0 Å². The Balaban J connectivity index is 1.53. The van der Waals surface area contributed by atoms with E-state index >= 15 is 0 Å². The lowest BCUT2D eigenvalue weighted by Crippen LogP contribution is -2.71. The molecule has 130 valence electrons. The van der Waals surface area contributed by atoms with Gasteiger partial charge in [0, 0.05) is 19.6 Å². The van der Waals surface area contributed by atoms with Crippen LogP contribution in [0.4, 0.5) is 0 Å². The van der Waals surface area contributed by atoms with Crippen molar-refractivity contribution in [2.45, 2.75) is 38.0 Å². The first-order valence-electron chi connectivity index (χ1n) is 8.61. The second-order valence-corrected chi connectivity index (χ2v) is 6.66. The highest BCUT2D eigenvalue weighted by molar-refractivity contribution is 5.97. The molecule has 2 aliphatic heterocycles.